The van der Waals surface area contributed by atoms with E-state index in [2.05, 4.69) is 16.8 Å². The van der Waals surface area contributed by atoms with Gasteiger partial charge in [0.05, 0.1) is 6.61 Å². The molecule has 0 N–H and O–H groups in total. The average molecular weight is 336 g/mol. The van der Waals surface area contributed by atoms with Crippen LogP contribution in [0.3, 0.4) is 0 Å². The smallest absolute Gasteiger partial charge is 0.225 e. The Morgan fingerprint density at radius 3 is 2.71 bits per heavy atom. The van der Waals surface area contributed by atoms with Crippen molar-refractivity contribution in [2.45, 2.75) is 32.1 Å². The third-order valence-corrected chi connectivity index (χ3v) is 6.62. The van der Waals surface area contributed by atoms with Gasteiger partial charge in [0.2, 0.25) is 5.91 Å². The maximum absolute atomic E-state index is 12.9. The summed E-state index contributed by atoms with van der Waals surface area (Å²) in [6, 6.07) is 0. The second kappa shape index (κ2) is 6.93. The lowest BCUT2D eigenvalue weighted by Crippen LogP contribution is -2.41. The lowest BCUT2D eigenvalue weighted by molar-refractivity contribution is -0.138. The summed E-state index contributed by atoms with van der Waals surface area (Å²) in [6.07, 6.45) is 5.64. The largest absolute Gasteiger partial charge is 0.381 e. The van der Waals surface area contributed by atoms with Crippen molar-refractivity contribution in [1.29, 1.82) is 0 Å². The lowest BCUT2D eigenvalue weighted by Gasteiger charge is -2.32. The molecule has 3 aliphatic heterocycles. The number of hydrogen-bond donors (Lipinski definition) is 0. The van der Waals surface area contributed by atoms with Crippen LogP contribution in [0.25, 0.3) is 0 Å². The van der Waals surface area contributed by atoms with Crippen molar-refractivity contribution in [2.24, 2.45) is 23.2 Å². The van der Waals surface area contributed by atoms with E-state index in [1.807, 2.05) is 0 Å². The first-order chi connectivity index (χ1) is 11.7. The number of ether oxygens (including phenoxy) is 2. The predicted octanol–water partition coefficient (Wildman–Crippen LogP) is 1.62. The Hall–Kier alpha value is -0.650. The van der Waals surface area contributed by atoms with Gasteiger partial charge in [-0.2, -0.15) is 0 Å². The Bertz CT molecular complexity index is 462. The molecule has 0 aromatic carbocycles. The van der Waals surface area contributed by atoms with Gasteiger partial charge in [-0.3, -0.25) is 4.79 Å². The van der Waals surface area contributed by atoms with Crippen LogP contribution < -0.4 is 0 Å². The summed E-state index contributed by atoms with van der Waals surface area (Å²) in [7, 11) is 2.21. The Kier molecular flexibility index (Phi) is 4.85. The minimum absolute atomic E-state index is 0.192. The molecule has 1 amide bonds. The second-order valence-electron chi connectivity index (χ2n) is 8.63. The van der Waals surface area contributed by atoms with Crippen molar-refractivity contribution >= 4 is 5.91 Å². The van der Waals surface area contributed by atoms with E-state index in [9.17, 15) is 4.79 Å². The van der Waals surface area contributed by atoms with E-state index in [4.69, 9.17) is 9.47 Å². The van der Waals surface area contributed by atoms with Gasteiger partial charge in [-0.05, 0) is 45.1 Å². The molecule has 1 spiro atoms. The van der Waals surface area contributed by atoms with Gasteiger partial charge < -0.3 is 19.3 Å². The van der Waals surface area contributed by atoms with Gasteiger partial charge in [0.1, 0.15) is 0 Å². The molecule has 3 saturated heterocycles. The number of hydrogen-bond acceptors (Lipinski definition) is 4. The van der Waals surface area contributed by atoms with E-state index in [-0.39, 0.29) is 11.3 Å². The third-order valence-electron chi connectivity index (χ3n) is 6.62. The topological polar surface area (TPSA) is 42.0 Å². The van der Waals surface area contributed by atoms with Gasteiger partial charge >= 0.3 is 0 Å². The van der Waals surface area contributed by atoms with E-state index in [1.54, 1.807) is 0 Å². The molecular weight excluding hydrogens is 304 g/mol. The molecule has 5 heteroatoms. The van der Waals surface area contributed by atoms with Gasteiger partial charge in [0, 0.05) is 63.3 Å². The van der Waals surface area contributed by atoms with Gasteiger partial charge in [0.15, 0.2) is 0 Å². The first-order valence-corrected chi connectivity index (χ1v) is 9.79. The standard InChI is InChI=1S/C19H32N2O3/c1-20-10-17(12-24-11-15-2-3-15)19(13-20)6-7-21(14-19)18(22)16-4-8-23-9-5-16/h15-17H,2-14H2,1H3/t17-,19+/m1/s1. The quantitative estimate of drug-likeness (QED) is 0.765. The molecule has 0 aromatic rings. The van der Waals surface area contributed by atoms with Crippen molar-refractivity contribution in [3.05, 3.63) is 0 Å². The zero-order valence-corrected chi connectivity index (χ0v) is 15.0. The van der Waals surface area contributed by atoms with Crippen LogP contribution in [-0.2, 0) is 14.3 Å². The Balaban J connectivity index is 1.35. The van der Waals surface area contributed by atoms with E-state index >= 15 is 0 Å². The van der Waals surface area contributed by atoms with Crippen molar-refractivity contribution in [3.63, 3.8) is 0 Å². The Morgan fingerprint density at radius 2 is 1.96 bits per heavy atom. The van der Waals surface area contributed by atoms with E-state index < -0.39 is 0 Å². The summed E-state index contributed by atoms with van der Waals surface area (Å²) in [5.74, 6) is 1.98. The van der Waals surface area contributed by atoms with Gasteiger partial charge in [0.25, 0.3) is 0 Å². The highest BCUT2D eigenvalue weighted by atomic mass is 16.5. The van der Waals surface area contributed by atoms with Crippen LogP contribution in [0.15, 0.2) is 0 Å². The summed E-state index contributed by atoms with van der Waals surface area (Å²) in [6.45, 7) is 7.41. The maximum atomic E-state index is 12.9. The van der Waals surface area contributed by atoms with Gasteiger partial charge in [-0.1, -0.05) is 0 Å². The van der Waals surface area contributed by atoms with Crippen LogP contribution in [0.1, 0.15) is 32.1 Å². The molecule has 0 bridgehead atoms. The molecule has 5 nitrogen and oxygen atoms in total. The number of likely N-dealkylation sites (tertiary alicyclic amines) is 2. The Labute approximate surface area is 145 Å². The average Bonchev–Trinajstić information content (AvgIpc) is 3.24. The van der Waals surface area contributed by atoms with Crippen molar-refractivity contribution in [2.75, 3.05) is 59.7 Å². The van der Waals surface area contributed by atoms with Crippen molar-refractivity contribution < 1.29 is 14.3 Å². The molecule has 0 unspecified atom stereocenters. The maximum Gasteiger partial charge on any atom is 0.225 e. The molecule has 3 heterocycles. The summed E-state index contributed by atoms with van der Waals surface area (Å²) >= 11 is 0. The molecule has 1 saturated carbocycles. The highest BCUT2D eigenvalue weighted by molar-refractivity contribution is 5.79. The highest BCUT2D eigenvalue weighted by Crippen LogP contribution is 2.44. The lowest BCUT2D eigenvalue weighted by atomic mass is 9.77. The fourth-order valence-corrected chi connectivity index (χ4v) is 4.94. The Morgan fingerprint density at radius 1 is 1.17 bits per heavy atom. The summed E-state index contributed by atoms with van der Waals surface area (Å²) in [5.41, 5.74) is 0.263. The van der Waals surface area contributed by atoms with Crippen LogP contribution in [-0.4, -0.2) is 75.4 Å². The first-order valence-electron chi connectivity index (χ1n) is 9.79. The molecule has 1 aliphatic carbocycles. The zero-order valence-electron chi connectivity index (χ0n) is 15.0. The van der Waals surface area contributed by atoms with Crippen LogP contribution in [0.5, 0.6) is 0 Å². The van der Waals surface area contributed by atoms with E-state index in [1.165, 1.54) is 12.8 Å². The van der Waals surface area contributed by atoms with Crippen molar-refractivity contribution in [1.82, 2.24) is 9.80 Å². The third kappa shape index (κ3) is 3.49. The molecule has 4 aliphatic rings. The molecule has 2 atom stereocenters. The minimum atomic E-state index is 0.192. The second-order valence-corrected chi connectivity index (χ2v) is 8.63. The minimum Gasteiger partial charge on any atom is -0.381 e. The summed E-state index contributed by atoms with van der Waals surface area (Å²) in [4.78, 5) is 17.5. The zero-order chi connectivity index (χ0) is 16.6. The van der Waals surface area contributed by atoms with E-state index in [0.29, 0.717) is 11.8 Å². The van der Waals surface area contributed by atoms with Crippen molar-refractivity contribution in [3.8, 4) is 0 Å². The molecule has 4 fully saturated rings. The number of carbonyl (C=O) groups is 1. The fraction of sp³-hybridized carbons (Fsp3) is 0.947. The van der Waals surface area contributed by atoms with Crippen LogP contribution in [0.2, 0.25) is 0 Å². The van der Waals surface area contributed by atoms with Crippen LogP contribution >= 0.6 is 0 Å². The van der Waals surface area contributed by atoms with Crippen LogP contribution in [0.4, 0.5) is 0 Å². The summed E-state index contributed by atoms with van der Waals surface area (Å²) < 4.78 is 11.5. The number of carbonyl (C=O) groups excluding carboxylic acids is 1. The molecule has 24 heavy (non-hydrogen) atoms. The highest BCUT2D eigenvalue weighted by Gasteiger charge is 2.51. The monoisotopic (exact) mass is 336 g/mol. The number of amides is 1. The van der Waals surface area contributed by atoms with Crippen LogP contribution in [0, 0.1) is 23.2 Å². The number of rotatable bonds is 5. The molecular formula is C19H32N2O3. The predicted molar refractivity (Wildman–Crippen MR) is 91.7 cm³/mol. The van der Waals surface area contributed by atoms with Gasteiger partial charge in [-0.15, -0.1) is 0 Å². The van der Waals surface area contributed by atoms with E-state index in [0.717, 1.165) is 77.8 Å². The normalized spacial score (nSPS) is 35.2. The summed E-state index contributed by atoms with van der Waals surface area (Å²) in [5, 5.41) is 0. The molecule has 4 rings (SSSR count). The van der Waals surface area contributed by atoms with Gasteiger partial charge in [-0.25, -0.2) is 0 Å². The molecule has 0 radical (unpaired) electrons. The first kappa shape index (κ1) is 16.8. The molecule has 0 aromatic heterocycles. The molecule has 136 valence electrons. The number of nitrogens with zero attached hydrogens (tertiary/aromatic N) is 2. The fourth-order valence-electron chi connectivity index (χ4n) is 4.94. The SMILES string of the molecule is CN1C[C@H](COCC2CC2)[C@@]2(CCN(C(=O)C3CCOCC3)C2)C1.